The Balaban J connectivity index is 2.50. The van der Waals surface area contributed by atoms with Crippen LogP contribution in [0, 0.1) is 0 Å². The number of halogens is 3. The molecule has 0 atom stereocenters. The monoisotopic (exact) mass is 263 g/mol. The summed E-state index contributed by atoms with van der Waals surface area (Å²) in [7, 11) is 0. The molecule has 94 valence electrons. The lowest BCUT2D eigenvalue weighted by Crippen LogP contribution is -2.29. The van der Waals surface area contributed by atoms with Crippen LogP contribution in [-0.4, -0.2) is 22.8 Å². The SMILES string of the molecule is CSCc1nc2c(c(C(F)(F)F)n1)CCNC2. The van der Waals surface area contributed by atoms with Crippen LogP contribution in [-0.2, 0) is 24.9 Å². The van der Waals surface area contributed by atoms with E-state index in [1.54, 1.807) is 0 Å². The van der Waals surface area contributed by atoms with Crippen LogP contribution in [0.4, 0.5) is 13.2 Å². The molecule has 0 spiro atoms. The normalized spacial score (nSPS) is 15.8. The zero-order valence-electron chi connectivity index (χ0n) is 9.26. The second kappa shape index (κ2) is 4.81. The van der Waals surface area contributed by atoms with Gasteiger partial charge in [-0.2, -0.15) is 24.9 Å². The van der Waals surface area contributed by atoms with E-state index in [-0.39, 0.29) is 11.4 Å². The maximum atomic E-state index is 12.9. The first-order valence-electron chi connectivity index (χ1n) is 5.18. The van der Waals surface area contributed by atoms with E-state index in [1.165, 1.54) is 11.8 Å². The summed E-state index contributed by atoms with van der Waals surface area (Å²) in [4.78, 5) is 7.85. The summed E-state index contributed by atoms with van der Waals surface area (Å²) in [6.07, 6.45) is -2.24. The third-order valence-electron chi connectivity index (χ3n) is 2.53. The fraction of sp³-hybridized carbons (Fsp3) is 0.600. The largest absolute Gasteiger partial charge is 0.433 e. The minimum Gasteiger partial charge on any atom is -0.311 e. The summed E-state index contributed by atoms with van der Waals surface area (Å²) in [6.45, 7) is 0.934. The van der Waals surface area contributed by atoms with E-state index in [4.69, 9.17) is 0 Å². The van der Waals surface area contributed by atoms with Crippen molar-refractivity contribution in [1.29, 1.82) is 0 Å². The van der Waals surface area contributed by atoms with Crippen molar-refractivity contribution in [2.24, 2.45) is 0 Å². The van der Waals surface area contributed by atoms with Crippen LogP contribution >= 0.6 is 11.8 Å². The maximum absolute atomic E-state index is 12.9. The Kier molecular flexibility index (Phi) is 3.58. The summed E-state index contributed by atoms with van der Waals surface area (Å²) in [6, 6.07) is 0. The standard InChI is InChI=1S/C10H12F3N3S/c1-17-5-8-15-7-4-14-3-2-6(7)9(16-8)10(11,12)13/h14H,2-5H2,1H3. The van der Waals surface area contributed by atoms with Crippen LogP contribution in [0.1, 0.15) is 22.8 Å². The van der Waals surface area contributed by atoms with E-state index >= 15 is 0 Å². The number of thioether (sulfide) groups is 1. The summed E-state index contributed by atoms with van der Waals surface area (Å²) in [5, 5.41) is 3.02. The average molecular weight is 263 g/mol. The van der Waals surface area contributed by atoms with Gasteiger partial charge in [0.1, 0.15) is 5.82 Å². The van der Waals surface area contributed by atoms with E-state index in [0.717, 1.165) is 0 Å². The van der Waals surface area contributed by atoms with Gasteiger partial charge in [-0.1, -0.05) is 0 Å². The molecule has 0 radical (unpaired) electrons. The van der Waals surface area contributed by atoms with Gasteiger partial charge in [0, 0.05) is 12.1 Å². The third kappa shape index (κ3) is 2.71. The number of nitrogens with one attached hydrogen (secondary N) is 1. The average Bonchev–Trinajstić information content (AvgIpc) is 2.27. The summed E-state index contributed by atoms with van der Waals surface area (Å²) in [5.74, 6) is 0.656. The molecule has 2 heterocycles. The van der Waals surface area contributed by atoms with Gasteiger partial charge in [-0.15, -0.1) is 0 Å². The molecule has 0 amide bonds. The molecule has 0 aliphatic carbocycles. The summed E-state index contributed by atoms with van der Waals surface area (Å²) in [5.41, 5.74) is -0.0169. The quantitative estimate of drug-likeness (QED) is 0.885. The van der Waals surface area contributed by atoms with Crippen LogP contribution in [0.25, 0.3) is 0 Å². The minimum absolute atomic E-state index is 0.251. The Labute approximate surface area is 101 Å². The molecule has 2 rings (SSSR count). The van der Waals surface area contributed by atoms with Gasteiger partial charge in [-0.3, -0.25) is 0 Å². The molecule has 0 saturated heterocycles. The second-order valence-corrected chi connectivity index (χ2v) is 4.64. The first-order chi connectivity index (χ1) is 8.02. The van der Waals surface area contributed by atoms with Crippen molar-refractivity contribution in [3.05, 3.63) is 22.8 Å². The Morgan fingerprint density at radius 2 is 2.12 bits per heavy atom. The van der Waals surface area contributed by atoms with Gasteiger partial charge < -0.3 is 5.32 Å². The Bertz CT molecular complexity index is 420. The van der Waals surface area contributed by atoms with Crippen molar-refractivity contribution in [3.63, 3.8) is 0 Å². The first kappa shape index (κ1) is 12.6. The number of hydrogen-bond acceptors (Lipinski definition) is 4. The number of nitrogens with zero attached hydrogens (tertiary/aromatic N) is 2. The van der Waals surface area contributed by atoms with E-state index in [0.29, 0.717) is 31.0 Å². The molecule has 3 nitrogen and oxygen atoms in total. The molecular formula is C10H12F3N3S. The highest BCUT2D eigenvalue weighted by Gasteiger charge is 2.37. The van der Waals surface area contributed by atoms with Crippen LogP contribution in [0.2, 0.25) is 0 Å². The first-order valence-corrected chi connectivity index (χ1v) is 6.57. The van der Waals surface area contributed by atoms with Crippen molar-refractivity contribution in [2.75, 3.05) is 12.8 Å². The molecule has 0 unspecified atom stereocenters. The molecule has 1 aromatic heterocycles. The predicted molar refractivity (Wildman–Crippen MR) is 59.7 cm³/mol. The predicted octanol–water partition coefficient (Wildman–Crippen LogP) is 2.00. The van der Waals surface area contributed by atoms with Gasteiger partial charge in [0.15, 0.2) is 5.69 Å². The van der Waals surface area contributed by atoms with Crippen molar-refractivity contribution >= 4 is 11.8 Å². The lowest BCUT2D eigenvalue weighted by atomic mass is 10.0. The molecule has 0 fully saturated rings. The number of hydrogen-bond donors (Lipinski definition) is 1. The third-order valence-corrected chi connectivity index (χ3v) is 3.07. The van der Waals surface area contributed by atoms with Crippen LogP contribution < -0.4 is 5.32 Å². The zero-order valence-corrected chi connectivity index (χ0v) is 10.1. The smallest absolute Gasteiger partial charge is 0.311 e. The van der Waals surface area contributed by atoms with Gasteiger partial charge >= 0.3 is 6.18 Å². The van der Waals surface area contributed by atoms with Crippen molar-refractivity contribution < 1.29 is 13.2 Å². The molecule has 7 heteroatoms. The molecule has 1 N–H and O–H groups in total. The fourth-order valence-corrected chi connectivity index (χ4v) is 2.23. The second-order valence-electron chi connectivity index (χ2n) is 3.77. The van der Waals surface area contributed by atoms with Crippen molar-refractivity contribution in [3.8, 4) is 0 Å². The van der Waals surface area contributed by atoms with Crippen molar-refractivity contribution in [1.82, 2.24) is 15.3 Å². The highest BCUT2D eigenvalue weighted by atomic mass is 32.2. The van der Waals surface area contributed by atoms with Crippen LogP contribution in [0.15, 0.2) is 0 Å². The van der Waals surface area contributed by atoms with Crippen molar-refractivity contribution in [2.45, 2.75) is 24.9 Å². The highest BCUT2D eigenvalue weighted by molar-refractivity contribution is 7.97. The fourth-order valence-electron chi connectivity index (χ4n) is 1.84. The number of rotatable bonds is 2. The van der Waals surface area contributed by atoms with Gasteiger partial charge in [0.05, 0.1) is 11.4 Å². The summed E-state index contributed by atoms with van der Waals surface area (Å²) < 4.78 is 38.6. The van der Waals surface area contributed by atoms with E-state index in [9.17, 15) is 13.2 Å². The van der Waals surface area contributed by atoms with Crippen LogP contribution in [0.5, 0.6) is 0 Å². The molecule has 17 heavy (non-hydrogen) atoms. The molecule has 1 aliphatic rings. The molecule has 0 bridgehead atoms. The Morgan fingerprint density at radius 1 is 1.35 bits per heavy atom. The maximum Gasteiger partial charge on any atom is 0.433 e. The van der Waals surface area contributed by atoms with E-state index in [2.05, 4.69) is 15.3 Å². The van der Waals surface area contributed by atoms with Gasteiger partial charge in [0.2, 0.25) is 0 Å². The molecule has 1 aromatic rings. The molecule has 0 saturated carbocycles. The topological polar surface area (TPSA) is 37.8 Å². The molecule has 0 aromatic carbocycles. The summed E-state index contributed by atoms with van der Waals surface area (Å²) >= 11 is 1.41. The minimum atomic E-state index is -4.39. The number of fused-ring (bicyclic) bond motifs is 1. The van der Waals surface area contributed by atoms with Gasteiger partial charge in [-0.05, 0) is 19.2 Å². The van der Waals surface area contributed by atoms with E-state index in [1.807, 2.05) is 6.26 Å². The van der Waals surface area contributed by atoms with E-state index < -0.39 is 11.9 Å². The van der Waals surface area contributed by atoms with Gasteiger partial charge in [-0.25, -0.2) is 9.97 Å². The highest BCUT2D eigenvalue weighted by Crippen LogP contribution is 2.32. The number of aromatic nitrogens is 2. The molecule has 1 aliphatic heterocycles. The zero-order chi connectivity index (χ0) is 12.5. The lowest BCUT2D eigenvalue weighted by Gasteiger charge is -2.21. The Hall–Kier alpha value is -0.820. The van der Waals surface area contributed by atoms with Crippen LogP contribution in [0.3, 0.4) is 0 Å². The Morgan fingerprint density at radius 3 is 2.76 bits per heavy atom. The van der Waals surface area contributed by atoms with Gasteiger partial charge in [0.25, 0.3) is 0 Å². The lowest BCUT2D eigenvalue weighted by molar-refractivity contribution is -0.142. The number of alkyl halides is 3. The molecular weight excluding hydrogens is 251 g/mol.